The molecule has 0 saturated carbocycles. The molecule has 0 spiro atoms. The molecule has 0 aromatic rings. The average Bonchev–Trinajstić information content (AvgIpc) is 3.04. The Balaban J connectivity index is 4.08. The Kier molecular flexibility index (Phi) is 35.8. The minimum Gasteiger partial charge on any atom is -0.462 e. The highest BCUT2D eigenvalue weighted by Crippen LogP contribution is 2.18. The first-order valence-corrected chi connectivity index (χ1v) is 19.6. The molecule has 0 aliphatic heterocycles. The van der Waals surface area contributed by atoms with Crippen LogP contribution in [0.5, 0.6) is 0 Å². The summed E-state index contributed by atoms with van der Waals surface area (Å²) >= 11 is 0. The Labute approximate surface area is 287 Å². The molecule has 0 N–H and O–H groups in total. The molecule has 1 atom stereocenters. The number of hydrogen-bond acceptors (Lipinski definition) is 3. The highest BCUT2D eigenvalue weighted by Gasteiger charge is 2.14. The number of allylic oxidation sites excluding steroid dienone is 5. The zero-order valence-electron chi connectivity index (χ0n) is 31.1. The van der Waals surface area contributed by atoms with Gasteiger partial charge in [-0.15, -0.1) is 11.7 Å². The largest absolute Gasteiger partial charge is 0.462 e. The van der Waals surface area contributed by atoms with Gasteiger partial charge in [-0.3, -0.25) is 4.79 Å². The average molecular weight is 638 g/mol. The molecule has 46 heavy (non-hydrogen) atoms. The first kappa shape index (κ1) is 44.0. The SMILES string of the molecule is CCCCCC#CCC=C=CCCCCCCCC(CCCCCCCC/C=C\C/C=C\CCCCC)OC(=O)CCCN(C)C. The molecule has 0 radical (unpaired) electrons. The summed E-state index contributed by atoms with van der Waals surface area (Å²) in [7, 11) is 4.11. The van der Waals surface area contributed by atoms with Crippen LogP contribution in [0.3, 0.4) is 0 Å². The van der Waals surface area contributed by atoms with E-state index in [2.05, 4.69) is 86.9 Å². The quantitative estimate of drug-likeness (QED) is 0.0242. The number of carbonyl (C=O) groups excluding carboxylic acids is 1. The van der Waals surface area contributed by atoms with Gasteiger partial charge in [-0.05, 0) is 116 Å². The number of unbranched alkanes of at least 4 members (excludes halogenated alkanes) is 17. The van der Waals surface area contributed by atoms with Crippen LogP contribution in [0.2, 0.25) is 0 Å². The van der Waals surface area contributed by atoms with Crippen molar-refractivity contribution in [2.24, 2.45) is 0 Å². The van der Waals surface area contributed by atoms with Crippen LogP contribution in [-0.2, 0) is 9.53 Å². The van der Waals surface area contributed by atoms with Crippen molar-refractivity contribution in [3.63, 3.8) is 0 Å². The molecule has 0 aliphatic rings. The van der Waals surface area contributed by atoms with Gasteiger partial charge >= 0.3 is 5.97 Å². The van der Waals surface area contributed by atoms with Crippen LogP contribution in [0.15, 0.2) is 42.2 Å². The van der Waals surface area contributed by atoms with E-state index in [1.54, 1.807) is 0 Å². The molecule has 264 valence electrons. The predicted octanol–water partition coefficient (Wildman–Crippen LogP) is 12.9. The fourth-order valence-corrected chi connectivity index (χ4v) is 5.46. The van der Waals surface area contributed by atoms with Crippen molar-refractivity contribution >= 4 is 5.97 Å². The number of hydrogen-bond donors (Lipinski definition) is 0. The predicted molar refractivity (Wildman–Crippen MR) is 203 cm³/mol. The third kappa shape index (κ3) is 36.5. The van der Waals surface area contributed by atoms with Crippen LogP contribution >= 0.6 is 0 Å². The summed E-state index contributed by atoms with van der Waals surface area (Å²) in [6.45, 7) is 5.42. The van der Waals surface area contributed by atoms with Gasteiger partial charge in [-0.1, -0.05) is 115 Å². The molecular formula is C43H75NO2. The van der Waals surface area contributed by atoms with E-state index in [9.17, 15) is 4.79 Å². The van der Waals surface area contributed by atoms with Gasteiger partial charge in [0.15, 0.2) is 0 Å². The lowest BCUT2D eigenvalue weighted by Crippen LogP contribution is -2.20. The summed E-state index contributed by atoms with van der Waals surface area (Å²) in [5.41, 5.74) is 3.29. The zero-order valence-corrected chi connectivity index (χ0v) is 31.1. The minimum absolute atomic E-state index is 0.00537. The van der Waals surface area contributed by atoms with E-state index in [1.807, 2.05) is 0 Å². The van der Waals surface area contributed by atoms with E-state index < -0.39 is 0 Å². The van der Waals surface area contributed by atoms with Crippen molar-refractivity contribution < 1.29 is 9.53 Å². The molecule has 3 heteroatoms. The van der Waals surface area contributed by atoms with Crippen LogP contribution in [0.4, 0.5) is 0 Å². The molecule has 0 fully saturated rings. The first-order chi connectivity index (χ1) is 22.6. The van der Waals surface area contributed by atoms with Gasteiger partial charge in [0.25, 0.3) is 0 Å². The van der Waals surface area contributed by atoms with E-state index in [1.165, 1.54) is 116 Å². The maximum Gasteiger partial charge on any atom is 0.306 e. The highest BCUT2D eigenvalue weighted by atomic mass is 16.5. The highest BCUT2D eigenvalue weighted by molar-refractivity contribution is 5.69. The monoisotopic (exact) mass is 638 g/mol. The maximum absolute atomic E-state index is 12.5. The number of carbonyl (C=O) groups is 1. The van der Waals surface area contributed by atoms with Crippen molar-refractivity contribution in [3.05, 3.63) is 42.2 Å². The van der Waals surface area contributed by atoms with Crippen LogP contribution in [0.1, 0.15) is 187 Å². The van der Waals surface area contributed by atoms with Crippen molar-refractivity contribution in [1.29, 1.82) is 0 Å². The summed E-state index contributed by atoms with van der Waals surface area (Å²) in [5, 5.41) is 0. The van der Waals surface area contributed by atoms with Gasteiger partial charge in [-0.25, -0.2) is 0 Å². The summed E-state index contributed by atoms with van der Waals surface area (Å²) in [5.74, 6) is 6.46. The standard InChI is InChI=1S/C43H75NO2/c1-5-7-9-11-13-15-17-19-21-23-25-27-29-31-33-35-38-42(46-43(45)40-37-41-44(3)4)39-36-34-32-30-28-26-24-22-20-18-16-14-12-10-8-6-2/h13,15,19-21,24,42H,5-12,17-18,23,25-41H2,1-4H3/b15-13-,21-19-. The summed E-state index contributed by atoms with van der Waals surface area (Å²) in [6, 6.07) is 0. The van der Waals surface area contributed by atoms with Crippen molar-refractivity contribution in [2.45, 2.75) is 193 Å². The fourth-order valence-electron chi connectivity index (χ4n) is 5.46. The lowest BCUT2D eigenvalue weighted by molar-refractivity contribution is -0.150. The molecule has 0 aliphatic carbocycles. The fraction of sp³-hybridized carbons (Fsp3) is 0.767. The second-order valence-corrected chi connectivity index (χ2v) is 13.3. The summed E-state index contributed by atoms with van der Waals surface area (Å²) in [6.07, 6.45) is 45.1. The van der Waals surface area contributed by atoms with Crippen molar-refractivity contribution in [2.75, 3.05) is 20.6 Å². The molecule has 0 rings (SSSR count). The molecule has 0 aromatic carbocycles. The Hall–Kier alpha value is -2.01. The van der Waals surface area contributed by atoms with Gasteiger partial charge in [0.2, 0.25) is 0 Å². The first-order valence-electron chi connectivity index (χ1n) is 19.6. The zero-order chi connectivity index (χ0) is 33.6. The van der Waals surface area contributed by atoms with Crippen LogP contribution in [-0.4, -0.2) is 37.6 Å². The third-order valence-corrected chi connectivity index (χ3v) is 8.36. The van der Waals surface area contributed by atoms with Crippen molar-refractivity contribution in [3.8, 4) is 11.8 Å². The Morgan fingerprint density at radius 2 is 1.20 bits per heavy atom. The summed E-state index contributed by atoms with van der Waals surface area (Å²) in [4.78, 5) is 14.6. The van der Waals surface area contributed by atoms with Gasteiger partial charge in [0.05, 0.1) is 0 Å². The van der Waals surface area contributed by atoms with Gasteiger partial charge < -0.3 is 9.64 Å². The number of ether oxygens (including phenoxy) is 1. The second kappa shape index (κ2) is 37.4. The van der Waals surface area contributed by atoms with E-state index in [4.69, 9.17) is 4.74 Å². The number of esters is 1. The van der Waals surface area contributed by atoms with Crippen molar-refractivity contribution in [1.82, 2.24) is 4.90 Å². The number of rotatable bonds is 32. The molecule has 3 nitrogen and oxygen atoms in total. The molecule has 0 heterocycles. The molecular weight excluding hydrogens is 562 g/mol. The van der Waals surface area contributed by atoms with Crippen LogP contribution in [0, 0.1) is 11.8 Å². The maximum atomic E-state index is 12.5. The Morgan fingerprint density at radius 3 is 1.83 bits per heavy atom. The molecule has 0 amide bonds. The van der Waals surface area contributed by atoms with Gasteiger partial charge in [-0.2, -0.15) is 0 Å². The molecule has 1 unspecified atom stereocenters. The van der Waals surface area contributed by atoms with Crippen LogP contribution in [0.25, 0.3) is 0 Å². The normalized spacial score (nSPS) is 11.9. The number of nitrogens with zero attached hydrogens (tertiary/aromatic N) is 1. The second-order valence-electron chi connectivity index (χ2n) is 13.3. The minimum atomic E-state index is -0.00537. The third-order valence-electron chi connectivity index (χ3n) is 8.36. The molecule has 0 bridgehead atoms. The molecule has 0 saturated heterocycles. The van der Waals surface area contributed by atoms with E-state index in [-0.39, 0.29) is 12.1 Å². The van der Waals surface area contributed by atoms with E-state index in [0.29, 0.717) is 6.42 Å². The summed E-state index contributed by atoms with van der Waals surface area (Å²) < 4.78 is 5.98. The van der Waals surface area contributed by atoms with Gasteiger partial charge in [0.1, 0.15) is 6.10 Å². The smallest absolute Gasteiger partial charge is 0.306 e. The Bertz CT molecular complexity index is 837. The molecule has 0 aromatic heterocycles. The lowest BCUT2D eigenvalue weighted by atomic mass is 10.0. The van der Waals surface area contributed by atoms with E-state index >= 15 is 0 Å². The van der Waals surface area contributed by atoms with E-state index in [0.717, 1.165) is 57.9 Å². The topological polar surface area (TPSA) is 29.5 Å². The van der Waals surface area contributed by atoms with Gasteiger partial charge in [0, 0.05) is 19.3 Å². The lowest BCUT2D eigenvalue weighted by Gasteiger charge is -2.18. The Morgan fingerprint density at radius 1 is 0.630 bits per heavy atom. The van der Waals surface area contributed by atoms with Crippen LogP contribution < -0.4 is 0 Å².